The van der Waals surface area contributed by atoms with E-state index in [1.165, 1.54) is 12.3 Å². The number of phenols is 1. The lowest BCUT2D eigenvalue weighted by atomic mass is 10.2. The average molecular weight is 290 g/mol. The smallest absolute Gasteiger partial charge is 0.283 e. The van der Waals surface area contributed by atoms with Crippen LogP contribution in [0.1, 0.15) is 27.9 Å². The molecule has 0 bridgehead atoms. The van der Waals surface area contributed by atoms with Crippen LogP contribution in [0.15, 0.2) is 29.4 Å². The van der Waals surface area contributed by atoms with E-state index in [0.29, 0.717) is 27.7 Å². The maximum atomic E-state index is 11.9. The molecule has 2 rings (SSSR count). The first-order chi connectivity index (χ1) is 9.60. The van der Waals surface area contributed by atoms with Crippen LogP contribution in [0.2, 0.25) is 0 Å². The summed E-state index contributed by atoms with van der Waals surface area (Å²) in [5.41, 5.74) is 9.36. The molecule has 0 fully saturated rings. The largest absolute Gasteiger partial charge is 0.508 e. The van der Waals surface area contributed by atoms with Crippen LogP contribution in [0.4, 0.5) is 5.13 Å². The molecule has 0 atom stereocenters. The second-order valence-corrected chi connectivity index (χ2v) is 5.01. The highest BCUT2D eigenvalue weighted by Gasteiger charge is 2.15. The number of aromatic hydroxyl groups is 1. The first kappa shape index (κ1) is 14.0. The Kier molecular flexibility index (Phi) is 4.31. The minimum atomic E-state index is -0.340. The Bertz CT molecular complexity index is 652. The number of nitrogens with zero attached hydrogens (tertiary/aromatic N) is 2. The molecule has 0 unspecified atom stereocenters. The maximum Gasteiger partial charge on any atom is 0.283 e. The van der Waals surface area contributed by atoms with Crippen LogP contribution in [-0.4, -0.2) is 22.2 Å². The second-order valence-electron chi connectivity index (χ2n) is 3.98. The number of phenolic OH excluding ortho intramolecular Hbond substituents is 1. The number of carbonyl (C=O) groups excluding carboxylic acids is 1. The number of nitrogens with one attached hydrogen (secondary N) is 1. The van der Waals surface area contributed by atoms with E-state index in [4.69, 9.17) is 5.73 Å². The Labute approximate surface area is 120 Å². The fraction of sp³-hybridized carbons (Fsp3) is 0.154. The number of anilines is 1. The van der Waals surface area contributed by atoms with Crippen molar-refractivity contribution in [1.29, 1.82) is 0 Å². The molecule has 1 aromatic carbocycles. The van der Waals surface area contributed by atoms with Crippen molar-refractivity contribution in [2.75, 3.05) is 5.73 Å². The van der Waals surface area contributed by atoms with Gasteiger partial charge in [-0.2, -0.15) is 5.10 Å². The van der Waals surface area contributed by atoms with Crippen LogP contribution >= 0.6 is 11.3 Å². The van der Waals surface area contributed by atoms with Crippen molar-refractivity contribution in [3.63, 3.8) is 0 Å². The number of rotatable bonds is 4. The molecule has 20 heavy (non-hydrogen) atoms. The summed E-state index contributed by atoms with van der Waals surface area (Å²) in [5.74, 6) is -0.198. The molecule has 0 radical (unpaired) electrons. The molecule has 0 spiro atoms. The molecule has 0 aliphatic carbocycles. The van der Waals surface area contributed by atoms with E-state index < -0.39 is 0 Å². The molecule has 0 saturated carbocycles. The van der Waals surface area contributed by atoms with Crippen molar-refractivity contribution in [2.24, 2.45) is 5.10 Å². The van der Waals surface area contributed by atoms with Gasteiger partial charge in [0.1, 0.15) is 10.6 Å². The molecular weight excluding hydrogens is 276 g/mol. The van der Waals surface area contributed by atoms with E-state index >= 15 is 0 Å². The summed E-state index contributed by atoms with van der Waals surface area (Å²) in [7, 11) is 0. The molecule has 0 saturated heterocycles. The first-order valence-corrected chi connectivity index (χ1v) is 6.79. The van der Waals surface area contributed by atoms with Crippen LogP contribution in [0, 0.1) is 0 Å². The van der Waals surface area contributed by atoms with E-state index in [1.807, 2.05) is 6.92 Å². The highest BCUT2D eigenvalue weighted by molar-refractivity contribution is 7.17. The lowest BCUT2D eigenvalue weighted by Gasteiger charge is -1.98. The zero-order chi connectivity index (χ0) is 14.5. The minimum Gasteiger partial charge on any atom is -0.508 e. The van der Waals surface area contributed by atoms with Gasteiger partial charge in [0.15, 0.2) is 5.13 Å². The number of hydrazone groups is 1. The van der Waals surface area contributed by atoms with Crippen molar-refractivity contribution in [3.05, 3.63) is 40.4 Å². The van der Waals surface area contributed by atoms with Crippen LogP contribution in [0.5, 0.6) is 5.75 Å². The van der Waals surface area contributed by atoms with Crippen molar-refractivity contribution in [3.8, 4) is 5.75 Å². The van der Waals surface area contributed by atoms with Crippen molar-refractivity contribution in [1.82, 2.24) is 10.4 Å². The number of benzene rings is 1. The molecule has 1 amide bonds. The lowest BCUT2D eigenvalue weighted by Crippen LogP contribution is -2.17. The molecular formula is C13H14N4O2S. The third kappa shape index (κ3) is 3.33. The normalized spacial score (nSPS) is 10.8. The Balaban J connectivity index is 2.05. The van der Waals surface area contributed by atoms with Crippen molar-refractivity contribution in [2.45, 2.75) is 13.3 Å². The summed E-state index contributed by atoms with van der Waals surface area (Å²) in [4.78, 5) is 16.5. The third-order valence-corrected chi connectivity index (χ3v) is 3.43. The van der Waals surface area contributed by atoms with Gasteiger partial charge in [-0.25, -0.2) is 10.4 Å². The molecule has 0 aliphatic heterocycles. The molecule has 1 heterocycles. The predicted molar refractivity (Wildman–Crippen MR) is 79.1 cm³/mol. The molecule has 1 aromatic heterocycles. The number of aryl methyl sites for hydroxylation is 1. The second kappa shape index (κ2) is 6.16. The molecule has 104 valence electrons. The van der Waals surface area contributed by atoms with Crippen LogP contribution < -0.4 is 11.2 Å². The lowest BCUT2D eigenvalue weighted by molar-refractivity contribution is 0.0958. The number of amides is 1. The van der Waals surface area contributed by atoms with E-state index in [1.54, 1.807) is 18.2 Å². The highest BCUT2D eigenvalue weighted by atomic mass is 32.1. The number of hydrogen-bond acceptors (Lipinski definition) is 6. The Morgan fingerprint density at radius 3 is 3.10 bits per heavy atom. The standard InChI is InChI=1S/C13H14N4O2S/c1-2-10-11(20-13(14)16-10)12(19)17-15-7-8-4-3-5-9(18)6-8/h3-7,18H,2H2,1H3,(H2,14,16)(H,17,19)/b15-7+. The third-order valence-electron chi connectivity index (χ3n) is 2.50. The van der Waals surface area contributed by atoms with Gasteiger partial charge in [0.2, 0.25) is 0 Å². The van der Waals surface area contributed by atoms with Gasteiger partial charge in [-0.1, -0.05) is 30.4 Å². The SMILES string of the molecule is CCc1nc(N)sc1C(=O)N/N=C/c1cccc(O)c1. The van der Waals surface area contributed by atoms with E-state index in [0.717, 1.165) is 11.3 Å². The van der Waals surface area contributed by atoms with Gasteiger partial charge in [0.05, 0.1) is 11.9 Å². The zero-order valence-corrected chi connectivity index (χ0v) is 11.6. The summed E-state index contributed by atoms with van der Waals surface area (Å²) in [5, 5.41) is 13.5. The van der Waals surface area contributed by atoms with Gasteiger partial charge in [-0.15, -0.1) is 0 Å². The van der Waals surface area contributed by atoms with Crippen molar-refractivity contribution >= 4 is 28.6 Å². The molecule has 0 aliphatic rings. The van der Waals surface area contributed by atoms with Gasteiger partial charge in [0, 0.05) is 0 Å². The number of carbonyl (C=O) groups is 1. The number of nitrogen functional groups attached to an aromatic ring is 1. The summed E-state index contributed by atoms with van der Waals surface area (Å²) < 4.78 is 0. The summed E-state index contributed by atoms with van der Waals surface area (Å²) in [6.45, 7) is 1.90. The van der Waals surface area contributed by atoms with Gasteiger partial charge in [-0.05, 0) is 24.1 Å². The van der Waals surface area contributed by atoms with E-state index in [9.17, 15) is 9.90 Å². The summed E-state index contributed by atoms with van der Waals surface area (Å²) in [6.07, 6.45) is 2.08. The van der Waals surface area contributed by atoms with Gasteiger partial charge >= 0.3 is 0 Å². The molecule has 2 aromatic rings. The van der Waals surface area contributed by atoms with E-state index in [-0.39, 0.29) is 11.7 Å². The van der Waals surface area contributed by atoms with Gasteiger partial charge in [-0.3, -0.25) is 4.79 Å². The molecule has 6 nitrogen and oxygen atoms in total. The summed E-state index contributed by atoms with van der Waals surface area (Å²) >= 11 is 1.14. The Hall–Kier alpha value is -2.41. The highest BCUT2D eigenvalue weighted by Crippen LogP contribution is 2.20. The number of thiazole rings is 1. The van der Waals surface area contributed by atoms with Gasteiger partial charge in [0.25, 0.3) is 5.91 Å². The average Bonchev–Trinajstić information content (AvgIpc) is 2.80. The minimum absolute atomic E-state index is 0.142. The van der Waals surface area contributed by atoms with Crippen LogP contribution in [-0.2, 0) is 6.42 Å². The summed E-state index contributed by atoms with van der Waals surface area (Å²) in [6, 6.07) is 6.55. The quantitative estimate of drug-likeness (QED) is 0.590. The zero-order valence-electron chi connectivity index (χ0n) is 10.8. The monoisotopic (exact) mass is 290 g/mol. The van der Waals surface area contributed by atoms with Gasteiger partial charge < -0.3 is 10.8 Å². The number of aromatic nitrogens is 1. The first-order valence-electron chi connectivity index (χ1n) is 5.97. The van der Waals surface area contributed by atoms with Crippen LogP contribution in [0.3, 0.4) is 0 Å². The molecule has 4 N–H and O–H groups in total. The topological polar surface area (TPSA) is 101 Å². The number of hydrogen-bond donors (Lipinski definition) is 3. The Morgan fingerprint density at radius 2 is 2.40 bits per heavy atom. The van der Waals surface area contributed by atoms with Crippen LogP contribution in [0.25, 0.3) is 0 Å². The maximum absolute atomic E-state index is 11.9. The number of nitrogens with two attached hydrogens (primary N) is 1. The van der Waals surface area contributed by atoms with E-state index in [2.05, 4.69) is 15.5 Å². The Morgan fingerprint density at radius 1 is 1.60 bits per heavy atom. The molecule has 7 heteroatoms. The fourth-order valence-electron chi connectivity index (χ4n) is 1.61. The predicted octanol–water partition coefficient (Wildman–Crippen LogP) is 1.76. The fourth-order valence-corrected chi connectivity index (χ4v) is 2.42. The van der Waals surface area contributed by atoms with Crippen molar-refractivity contribution < 1.29 is 9.90 Å².